The molecule has 0 aromatic heterocycles. The van der Waals surface area contributed by atoms with Crippen LogP contribution < -0.4 is 10.2 Å². The number of esters is 1. The Hall–Kier alpha value is -2.81. The Bertz CT molecular complexity index is 1590. The molecule has 77 heavy (non-hydrogen) atoms. The fourth-order valence-corrected chi connectivity index (χ4v) is 9.66. The molecule has 0 aliphatic rings. The molecule has 0 spiro atoms. The van der Waals surface area contributed by atoms with E-state index in [0.717, 1.165) is 89.9 Å². The summed E-state index contributed by atoms with van der Waals surface area (Å²) in [5.74, 6) is -0.587. The van der Waals surface area contributed by atoms with Gasteiger partial charge in [0.2, 0.25) is 5.91 Å². The van der Waals surface area contributed by atoms with Gasteiger partial charge in [0.05, 0.1) is 33.8 Å². The number of quaternary nitrogens is 1. The molecule has 9 nitrogen and oxygen atoms in total. The number of unbranched alkanes of at least 4 members (excludes halogenated alkanes) is 29. The van der Waals surface area contributed by atoms with Crippen LogP contribution in [-0.2, 0) is 27.9 Å². The number of ether oxygens (including phenoxy) is 1. The fourth-order valence-electron chi connectivity index (χ4n) is 8.94. The quantitative estimate of drug-likeness (QED) is 0.0212. The minimum absolute atomic E-state index is 0.0330. The lowest BCUT2D eigenvalue weighted by Gasteiger charge is -2.30. The topological polar surface area (TPSA) is 114 Å². The van der Waals surface area contributed by atoms with Crippen molar-refractivity contribution in [1.82, 2.24) is 5.32 Å². The molecule has 0 aromatic carbocycles. The van der Waals surface area contributed by atoms with Gasteiger partial charge in [-0.15, -0.1) is 0 Å². The van der Waals surface area contributed by atoms with Gasteiger partial charge in [0.25, 0.3) is 7.82 Å². The van der Waals surface area contributed by atoms with Crippen molar-refractivity contribution < 1.29 is 37.3 Å². The average Bonchev–Trinajstić information content (AvgIpc) is 3.39. The van der Waals surface area contributed by atoms with Gasteiger partial charge in [-0.2, -0.15) is 0 Å². The first kappa shape index (κ1) is 74.2. The van der Waals surface area contributed by atoms with Crippen molar-refractivity contribution in [2.45, 2.75) is 290 Å². The van der Waals surface area contributed by atoms with Gasteiger partial charge in [0.1, 0.15) is 19.3 Å². The number of phosphoric ester groups is 1. The van der Waals surface area contributed by atoms with Crippen LogP contribution in [-0.4, -0.2) is 69.4 Å². The van der Waals surface area contributed by atoms with E-state index in [9.17, 15) is 19.0 Å². The third-order valence-electron chi connectivity index (χ3n) is 13.8. The molecule has 10 heteroatoms. The lowest BCUT2D eigenvalue weighted by Crippen LogP contribution is -2.47. The summed E-state index contributed by atoms with van der Waals surface area (Å²) in [4.78, 5) is 40.0. The number of hydrogen-bond acceptors (Lipinski definition) is 7. The Labute approximate surface area is 476 Å². The van der Waals surface area contributed by atoms with Gasteiger partial charge >= 0.3 is 5.97 Å². The number of allylic oxidation sites excluding steroid dienone is 13. The van der Waals surface area contributed by atoms with Crippen LogP contribution in [0, 0.1) is 0 Å². The maximum atomic E-state index is 13.5. The van der Waals surface area contributed by atoms with Gasteiger partial charge in [0, 0.05) is 12.8 Å². The summed E-state index contributed by atoms with van der Waals surface area (Å²) in [6, 6.07) is -0.914. The van der Waals surface area contributed by atoms with E-state index in [4.69, 9.17) is 13.8 Å². The Morgan fingerprint density at radius 1 is 0.468 bits per heavy atom. The van der Waals surface area contributed by atoms with Crippen molar-refractivity contribution in [3.05, 3.63) is 85.1 Å². The van der Waals surface area contributed by atoms with Crippen molar-refractivity contribution >= 4 is 19.7 Å². The minimum Gasteiger partial charge on any atom is -0.756 e. The molecule has 0 fully saturated rings. The molecule has 446 valence electrons. The summed E-state index contributed by atoms with van der Waals surface area (Å²) in [5, 5.41) is 3.01. The number of amides is 1. The summed E-state index contributed by atoms with van der Waals surface area (Å²) in [6.45, 7) is 6.71. The van der Waals surface area contributed by atoms with Crippen molar-refractivity contribution in [3.8, 4) is 0 Å². The van der Waals surface area contributed by atoms with Crippen LogP contribution in [0.5, 0.6) is 0 Å². The molecular weight excluding hydrogens is 976 g/mol. The summed E-state index contributed by atoms with van der Waals surface area (Å²) in [5.41, 5.74) is 0. The highest BCUT2D eigenvalue weighted by molar-refractivity contribution is 7.45. The standard InChI is InChI=1S/C67H121N2O7P/c1-7-10-13-16-19-22-25-28-30-32-33-34-35-37-38-41-44-47-50-53-56-59-66(70)68-64(63-75-77(72,73)74-62-61-69(4,5)6)65(58-55-52-49-46-43-40-27-24-21-18-15-12-9-3)76-67(71)60-57-54-51-48-45-42-39-36-31-29-26-23-20-17-14-11-8-2/h10,13,19,22,28,30,33-34,37-38,44,47,55,58,64-65H,7-9,11-12,14-18,20-21,23-27,29,31-32,35-36,39-43,45-46,48-54,56-57,59-63H2,1-6H3,(H-,68,70,72,73)/b13-10-,22-19-,30-28-,34-33-,38-37-,47-44-,58-55+. The Balaban J connectivity index is 5.34. The van der Waals surface area contributed by atoms with E-state index in [-0.39, 0.29) is 31.3 Å². The molecule has 0 rings (SSSR count). The molecule has 0 aliphatic carbocycles. The summed E-state index contributed by atoms with van der Waals surface area (Å²) in [7, 11) is 1.15. The molecule has 0 bridgehead atoms. The first-order valence-corrected chi connectivity index (χ1v) is 33.4. The van der Waals surface area contributed by atoms with Crippen LogP contribution in [0.15, 0.2) is 85.1 Å². The molecule has 3 unspecified atom stereocenters. The van der Waals surface area contributed by atoms with Gasteiger partial charge in [-0.25, -0.2) is 0 Å². The average molecular weight is 1100 g/mol. The number of carbonyl (C=O) groups is 2. The molecule has 0 heterocycles. The van der Waals surface area contributed by atoms with E-state index < -0.39 is 26.6 Å². The second kappa shape index (κ2) is 56.5. The first-order chi connectivity index (χ1) is 37.4. The molecule has 0 radical (unpaired) electrons. The number of nitrogens with zero attached hydrogens (tertiary/aromatic N) is 1. The predicted octanol–water partition coefficient (Wildman–Crippen LogP) is 19.1. The van der Waals surface area contributed by atoms with Crippen LogP contribution in [0.3, 0.4) is 0 Å². The largest absolute Gasteiger partial charge is 0.756 e. The van der Waals surface area contributed by atoms with E-state index in [1.807, 2.05) is 33.3 Å². The van der Waals surface area contributed by atoms with Crippen LogP contribution in [0.25, 0.3) is 0 Å². The lowest BCUT2D eigenvalue weighted by atomic mass is 10.0. The number of phosphoric acid groups is 1. The monoisotopic (exact) mass is 1100 g/mol. The maximum Gasteiger partial charge on any atom is 0.306 e. The molecule has 1 amide bonds. The second-order valence-corrected chi connectivity index (χ2v) is 23.9. The molecule has 1 N–H and O–H groups in total. The SMILES string of the molecule is CC/C=C\C/C=C\C/C=C\C/C=C\C/C=C\C/C=C\CCCCC(=O)NC(COP(=O)([O-])OCC[N+](C)(C)C)C(/C=C/CCCCCCCCCCCCC)OC(=O)CCCCCCCCCCCCCCCCCCC. The van der Waals surface area contributed by atoms with E-state index in [0.29, 0.717) is 17.4 Å². The van der Waals surface area contributed by atoms with Crippen molar-refractivity contribution in [3.63, 3.8) is 0 Å². The third-order valence-corrected chi connectivity index (χ3v) is 14.8. The van der Waals surface area contributed by atoms with E-state index in [1.54, 1.807) is 0 Å². The van der Waals surface area contributed by atoms with E-state index in [1.165, 1.54) is 148 Å². The molecule has 0 aromatic rings. The Kier molecular flexibility index (Phi) is 54.4. The summed E-state index contributed by atoms with van der Waals surface area (Å²) in [6.07, 6.45) is 74.1. The Morgan fingerprint density at radius 2 is 0.831 bits per heavy atom. The second-order valence-electron chi connectivity index (χ2n) is 22.5. The highest BCUT2D eigenvalue weighted by Crippen LogP contribution is 2.38. The maximum absolute atomic E-state index is 13.5. The fraction of sp³-hybridized carbons (Fsp3) is 0.761. The molecule has 3 atom stereocenters. The zero-order valence-electron chi connectivity index (χ0n) is 50.9. The van der Waals surface area contributed by atoms with Gasteiger partial charge < -0.3 is 28.5 Å². The highest BCUT2D eigenvalue weighted by Gasteiger charge is 2.27. The van der Waals surface area contributed by atoms with Crippen LogP contribution >= 0.6 is 7.82 Å². The minimum atomic E-state index is -4.71. The zero-order valence-corrected chi connectivity index (χ0v) is 51.8. The summed E-state index contributed by atoms with van der Waals surface area (Å²) < 4.78 is 30.3. The molecule has 0 aliphatic heterocycles. The van der Waals surface area contributed by atoms with Crippen LogP contribution in [0.1, 0.15) is 278 Å². The van der Waals surface area contributed by atoms with Crippen molar-refractivity contribution in [2.75, 3.05) is 40.9 Å². The number of carbonyl (C=O) groups excluding carboxylic acids is 2. The van der Waals surface area contributed by atoms with Crippen molar-refractivity contribution in [1.29, 1.82) is 0 Å². The van der Waals surface area contributed by atoms with E-state index >= 15 is 0 Å². The van der Waals surface area contributed by atoms with Gasteiger partial charge in [0.15, 0.2) is 0 Å². The van der Waals surface area contributed by atoms with Gasteiger partial charge in [-0.1, -0.05) is 267 Å². The van der Waals surface area contributed by atoms with Gasteiger partial charge in [-0.3, -0.25) is 14.2 Å². The Morgan fingerprint density at radius 3 is 1.26 bits per heavy atom. The van der Waals surface area contributed by atoms with Crippen LogP contribution in [0.4, 0.5) is 0 Å². The molecule has 0 saturated heterocycles. The predicted molar refractivity (Wildman–Crippen MR) is 330 cm³/mol. The number of rotatable bonds is 57. The van der Waals surface area contributed by atoms with Gasteiger partial charge in [-0.05, 0) is 83.1 Å². The molecule has 0 saturated carbocycles. The summed E-state index contributed by atoms with van der Waals surface area (Å²) >= 11 is 0. The van der Waals surface area contributed by atoms with Crippen molar-refractivity contribution in [2.24, 2.45) is 0 Å². The number of hydrogen-bond donors (Lipinski definition) is 1. The third kappa shape index (κ3) is 57.7. The first-order valence-electron chi connectivity index (χ1n) is 31.9. The smallest absolute Gasteiger partial charge is 0.306 e. The number of nitrogens with one attached hydrogen (secondary N) is 1. The molecular formula is C67H121N2O7P. The number of likely N-dealkylation sites (N-methyl/N-ethyl adjacent to an activating group) is 1. The van der Waals surface area contributed by atoms with E-state index in [2.05, 4.69) is 99.0 Å². The lowest BCUT2D eigenvalue weighted by molar-refractivity contribution is -0.870. The highest BCUT2D eigenvalue weighted by atomic mass is 31.2. The zero-order chi connectivity index (χ0) is 56.4. The normalized spacial score (nSPS) is 14.2. The van der Waals surface area contributed by atoms with Crippen LogP contribution in [0.2, 0.25) is 0 Å².